The van der Waals surface area contributed by atoms with Crippen molar-refractivity contribution in [2.75, 3.05) is 5.73 Å². The van der Waals surface area contributed by atoms with Gasteiger partial charge in [0.1, 0.15) is 24.1 Å². The molecular weight excluding hydrogens is 277 g/mol. The molecule has 10 heteroatoms. The van der Waals surface area contributed by atoms with Crippen LogP contribution in [0.1, 0.15) is 6.23 Å². The lowest BCUT2D eigenvalue weighted by Gasteiger charge is -2.17. The molecule has 1 aromatic rings. The van der Waals surface area contributed by atoms with Gasteiger partial charge in [-0.05, 0) is 6.07 Å². The molecule has 0 saturated carbocycles. The molecule has 1 unspecified atom stereocenters. The highest BCUT2D eigenvalue weighted by atomic mass is 31.1. The molecule has 9 nitrogen and oxygen atoms in total. The van der Waals surface area contributed by atoms with Crippen LogP contribution in [-0.4, -0.2) is 49.0 Å². The first-order chi connectivity index (χ1) is 8.95. The van der Waals surface area contributed by atoms with Crippen molar-refractivity contribution in [3.63, 3.8) is 0 Å². The minimum absolute atomic E-state index is 0.00365. The van der Waals surface area contributed by atoms with Gasteiger partial charge in [0, 0.05) is 6.20 Å². The van der Waals surface area contributed by atoms with Gasteiger partial charge in [-0.15, -0.1) is 0 Å². The molecule has 1 aliphatic heterocycles. The van der Waals surface area contributed by atoms with Crippen LogP contribution in [0.3, 0.4) is 0 Å². The molecule has 0 amide bonds. The summed E-state index contributed by atoms with van der Waals surface area (Å²) in [5.41, 5.74) is 4.55. The van der Waals surface area contributed by atoms with Crippen LogP contribution >= 0.6 is 8.46 Å². The first-order valence-corrected chi connectivity index (χ1v) is 6.20. The number of hydrogen-bond donors (Lipinski definition) is 4. The molecule has 0 spiro atoms. The average molecular weight is 289 g/mol. The lowest BCUT2D eigenvalue weighted by molar-refractivity contribution is -0.0640. The number of anilines is 1. The Hall–Kier alpha value is -1.38. The van der Waals surface area contributed by atoms with Crippen LogP contribution in [0.25, 0.3) is 0 Å². The predicted octanol–water partition coefficient (Wildman–Crippen LogP) is -1.95. The monoisotopic (exact) mass is 289 g/mol. The van der Waals surface area contributed by atoms with E-state index in [2.05, 4.69) is 4.98 Å². The van der Waals surface area contributed by atoms with Crippen LogP contribution in [0.2, 0.25) is 0 Å². The molecule has 0 aliphatic carbocycles. The molecule has 1 aliphatic rings. The fourth-order valence-corrected chi connectivity index (χ4v) is 2.21. The Kier molecular flexibility index (Phi) is 3.93. The van der Waals surface area contributed by atoms with E-state index in [1.165, 1.54) is 12.3 Å². The fraction of sp³-hybridized carbons (Fsp3) is 0.556. The third-order valence-corrected chi connectivity index (χ3v) is 3.31. The Morgan fingerprint density at radius 2 is 2.16 bits per heavy atom. The number of ether oxygens (including phenoxy) is 1. The summed E-state index contributed by atoms with van der Waals surface area (Å²) in [6, 6.07) is 1.32. The van der Waals surface area contributed by atoms with Crippen LogP contribution < -0.4 is 11.4 Å². The summed E-state index contributed by atoms with van der Waals surface area (Å²) in [6.45, 7) is 0. The van der Waals surface area contributed by atoms with Gasteiger partial charge in [-0.1, -0.05) is 0 Å². The van der Waals surface area contributed by atoms with E-state index in [0.29, 0.717) is 0 Å². The topological polar surface area (TPSA) is 148 Å². The molecule has 1 fully saturated rings. The van der Waals surface area contributed by atoms with Crippen molar-refractivity contribution in [2.24, 2.45) is 0 Å². The van der Waals surface area contributed by atoms with Crippen LogP contribution in [-0.2, 0) is 9.30 Å². The summed E-state index contributed by atoms with van der Waals surface area (Å²) in [5, 5.41) is 28.9. The van der Waals surface area contributed by atoms with Gasteiger partial charge in [0.2, 0.25) is 0 Å². The Morgan fingerprint density at radius 3 is 2.74 bits per heavy atom. The van der Waals surface area contributed by atoms with Crippen molar-refractivity contribution in [3.05, 3.63) is 22.7 Å². The minimum atomic E-state index is -1.51. The van der Waals surface area contributed by atoms with E-state index >= 15 is 0 Å². The molecule has 0 radical (unpaired) electrons. The van der Waals surface area contributed by atoms with Crippen molar-refractivity contribution in [3.8, 4) is 0 Å². The first-order valence-electron chi connectivity index (χ1n) is 5.32. The van der Waals surface area contributed by atoms with Crippen molar-refractivity contribution < 1.29 is 24.6 Å². The summed E-state index contributed by atoms with van der Waals surface area (Å²) in [6.07, 6.45) is -4.22. The molecule has 0 aromatic carbocycles. The van der Waals surface area contributed by atoms with E-state index < -0.39 is 44.5 Å². The zero-order valence-electron chi connectivity index (χ0n) is 9.53. The smallest absolute Gasteiger partial charge is 0.351 e. The second-order valence-corrected chi connectivity index (χ2v) is 4.77. The molecule has 2 rings (SSSR count). The number of rotatable bonds is 3. The largest absolute Gasteiger partial charge is 0.387 e. The molecule has 5 N–H and O–H groups in total. The third kappa shape index (κ3) is 2.51. The van der Waals surface area contributed by atoms with E-state index in [4.69, 9.17) is 10.5 Å². The van der Waals surface area contributed by atoms with E-state index in [1.807, 2.05) is 0 Å². The fourth-order valence-electron chi connectivity index (χ4n) is 1.84. The predicted molar refractivity (Wildman–Crippen MR) is 62.4 cm³/mol. The van der Waals surface area contributed by atoms with Gasteiger partial charge in [0.05, 0.1) is 0 Å². The molecule has 104 valence electrons. The molecule has 1 aromatic heterocycles. The van der Waals surface area contributed by atoms with Crippen LogP contribution in [0.15, 0.2) is 17.1 Å². The van der Waals surface area contributed by atoms with Gasteiger partial charge < -0.3 is 25.8 Å². The second-order valence-electron chi connectivity index (χ2n) is 4.03. The highest BCUT2D eigenvalue weighted by Crippen LogP contribution is 2.32. The normalized spacial score (nSPS) is 32.6. The Morgan fingerprint density at radius 1 is 1.47 bits per heavy atom. The maximum atomic E-state index is 11.6. The van der Waals surface area contributed by atoms with Gasteiger partial charge in [-0.3, -0.25) is 9.13 Å². The summed E-state index contributed by atoms with van der Waals surface area (Å²) in [4.78, 5) is 15.1. The van der Waals surface area contributed by atoms with Crippen LogP contribution in [0.4, 0.5) is 5.82 Å². The quantitative estimate of drug-likeness (QED) is 0.469. The highest BCUT2D eigenvalue weighted by Gasteiger charge is 2.47. The SMILES string of the molecule is Nc1ccn([C@@H]2O[C@H](C(O)P=O)[C@@H](O)[C@H]2O)c(=O)n1. The molecular formula is C9H12N3O6P. The molecule has 2 heterocycles. The first kappa shape index (κ1) is 14.0. The number of nitrogens with two attached hydrogens (primary N) is 1. The van der Waals surface area contributed by atoms with Gasteiger partial charge in [-0.25, -0.2) is 4.79 Å². The number of nitrogens with zero attached hydrogens (tertiary/aromatic N) is 2. The highest BCUT2D eigenvalue weighted by molar-refractivity contribution is 7.24. The number of hydrogen-bond acceptors (Lipinski definition) is 8. The van der Waals surface area contributed by atoms with Crippen molar-refractivity contribution in [1.29, 1.82) is 0 Å². The van der Waals surface area contributed by atoms with Crippen LogP contribution in [0.5, 0.6) is 0 Å². The van der Waals surface area contributed by atoms with Crippen molar-refractivity contribution in [1.82, 2.24) is 9.55 Å². The van der Waals surface area contributed by atoms with E-state index in [1.54, 1.807) is 0 Å². The number of aliphatic hydroxyl groups excluding tert-OH is 3. The lowest BCUT2D eigenvalue weighted by Crippen LogP contribution is -2.37. The standard InChI is InChI=1S/C9H12N3O6P/c10-3-1-2-12(9(16)11-3)7-5(14)4(13)6(18-7)8(15)19-17/h1-2,4-8,13-15H,(H2,10,11,16)/t4-,5+,6-,7+,8?/m0/s1. The Balaban J connectivity index is 2.31. The number of aromatic nitrogens is 2. The summed E-state index contributed by atoms with van der Waals surface area (Å²) in [7, 11) is -0.656. The van der Waals surface area contributed by atoms with E-state index in [9.17, 15) is 24.7 Å². The molecule has 19 heavy (non-hydrogen) atoms. The average Bonchev–Trinajstić information content (AvgIpc) is 2.66. The van der Waals surface area contributed by atoms with Gasteiger partial charge in [-0.2, -0.15) is 4.98 Å². The van der Waals surface area contributed by atoms with Gasteiger partial charge in [0.15, 0.2) is 20.5 Å². The minimum Gasteiger partial charge on any atom is -0.387 e. The zero-order valence-corrected chi connectivity index (χ0v) is 10.4. The van der Waals surface area contributed by atoms with Crippen molar-refractivity contribution >= 4 is 14.3 Å². The molecule has 1 saturated heterocycles. The van der Waals surface area contributed by atoms with E-state index in [0.717, 1.165) is 4.57 Å². The number of nitrogen functional groups attached to an aromatic ring is 1. The zero-order chi connectivity index (χ0) is 14.2. The maximum Gasteiger partial charge on any atom is 0.351 e. The summed E-state index contributed by atoms with van der Waals surface area (Å²) < 4.78 is 16.7. The third-order valence-electron chi connectivity index (χ3n) is 2.80. The lowest BCUT2D eigenvalue weighted by atomic mass is 10.1. The summed E-state index contributed by atoms with van der Waals surface area (Å²) in [5.74, 6) is -1.50. The Bertz CT molecular complexity index is 537. The van der Waals surface area contributed by atoms with Gasteiger partial charge >= 0.3 is 5.69 Å². The van der Waals surface area contributed by atoms with Gasteiger partial charge in [0.25, 0.3) is 0 Å². The van der Waals surface area contributed by atoms with Crippen LogP contribution in [0, 0.1) is 0 Å². The molecule has 0 bridgehead atoms. The van der Waals surface area contributed by atoms with E-state index in [-0.39, 0.29) is 5.82 Å². The molecule has 5 atom stereocenters. The maximum absolute atomic E-state index is 11.6. The number of aliphatic hydroxyl groups is 3. The Labute approximate surface area is 108 Å². The summed E-state index contributed by atoms with van der Waals surface area (Å²) >= 11 is 0. The second kappa shape index (κ2) is 5.32. The van der Waals surface area contributed by atoms with Crippen molar-refractivity contribution in [2.45, 2.75) is 30.4 Å².